The minimum Gasteiger partial charge on any atom is -0.472 e. The number of nitrogens with zero attached hydrogens (tertiary/aromatic N) is 2. The first-order chi connectivity index (χ1) is 18.3. The quantitative estimate of drug-likeness (QED) is 0.286. The van der Waals surface area contributed by atoms with Crippen LogP contribution in [0.5, 0.6) is 0 Å². The Hall–Kier alpha value is -4.22. The molecule has 2 aromatic carbocycles. The number of amidine groups is 1. The molecule has 39 heavy (non-hydrogen) atoms. The van der Waals surface area contributed by atoms with E-state index in [9.17, 15) is 31.1 Å². The van der Waals surface area contributed by atoms with Gasteiger partial charge in [-0.1, -0.05) is 36.4 Å². The first kappa shape index (κ1) is 27.8. The van der Waals surface area contributed by atoms with Crippen molar-refractivity contribution < 1.29 is 35.6 Å². The first-order valence-electron chi connectivity index (χ1n) is 11.8. The van der Waals surface area contributed by atoms with Crippen molar-refractivity contribution in [3.8, 4) is 11.1 Å². The molecule has 0 fully saturated rings. The average Bonchev–Trinajstić information content (AvgIpc) is 3.56. The number of allylic oxidation sites excluding steroid dienone is 1. The van der Waals surface area contributed by atoms with Crippen LogP contribution in [0.1, 0.15) is 29.7 Å². The van der Waals surface area contributed by atoms with Gasteiger partial charge in [-0.05, 0) is 41.8 Å². The van der Waals surface area contributed by atoms with Gasteiger partial charge in [-0.15, -0.1) is 0 Å². The van der Waals surface area contributed by atoms with Gasteiger partial charge in [-0.3, -0.25) is 9.79 Å². The summed E-state index contributed by atoms with van der Waals surface area (Å²) in [7, 11) is 0. The standard InChI is InChI=1S/C27H24F6N4O2/c1-16(18-4-6-19(7-5-18)20-10-13-39-15-20)36-25(38)22(23(34)27(31,32)33)24-35-11-12-37(24)14-17-2-8-21(9-3-17)26(28,29)30/h2-10,13,15-16H,11-12,14,34H2,1H3,(H,36,38). The molecular weight excluding hydrogens is 526 g/mol. The van der Waals surface area contributed by atoms with E-state index in [1.54, 1.807) is 43.5 Å². The number of carbonyl (C=O) groups excluding carboxylic acids is 1. The van der Waals surface area contributed by atoms with Crippen LogP contribution < -0.4 is 11.1 Å². The number of alkyl halides is 6. The number of benzene rings is 2. The second-order valence-corrected chi connectivity index (χ2v) is 8.94. The van der Waals surface area contributed by atoms with Gasteiger partial charge in [0, 0.05) is 18.7 Å². The highest BCUT2D eigenvalue weighted by molar-refractivity contribution is 6.21. The molecule has 3 N–H and O–H groups in total. The minimum atomic E-state index is -5.02. The Bertz CT molecular complexity index is 1360. The van der Waals surface area contributed by atoms with Crippen LogP contribution in [0.15, 0.2) is 87.8 Å². The van der Waals surface area contributed by atoms with E-state index in [1.807, 2.05) is 0 Å². The normalized spacial score (nSPS) is 15.6. The number of aliphatic imine (C=N–C) groups is 1. The fourth-order valence-electron chi connectivity index (χ4n) is 4.12. The third-order valence-electron chi connectivity index (χ3n) is 6.22. The van der Waals surface area contributed by atoms with Crippen LogP contribution in [0.25, 0.3) is 11.1 Å². The number of furan rings is 1. The highest BCUT2D eigenvalue weighted by Crippen LogP contribution is 2.31. The lowest BCUT2D eigenvalue weighted by Gasteiger charge is -2.25. The highest BCUT2D eigenvalue weighted by Gasteiger charge is 2.40. The van der Waals surface area contributed by atoms with Crippen LogP contribution in [0.2, 0.25) is 0 Å². The summed E-state index contributed by atoms with van der Waals surface area (Å²) in [4.78, 5) is 18.7. The molecule has 0 bridgehead atoms. The summed E-state index contributed by atoms with van der Waals surface area (Å²) >= 11 is 0. The molecule has 1 atom stereocenters. The van der Waals surface area contributed by atoms with Gasteiger partial charge in [0.05, 0.1) is 30.7 Å². The summed E-state index contributed by atoms with van der Waals surface area (Å²) in [5.74, 6) is -1.35. The monoisotopic (exact) mass is 550 g/mol. The van der Waals surface area contributed by atoms with E-state index in [4.69, 9.17) is 10.2 Å². The second-order valence-electron chi connectivity index (χ2n) is 8.94. The Kier molecular flexibility index (Phi) is 7.75. The van der Waals surface area contributed by atoms with E-state index in [1.165, 1.54) is 23.3 Å². The molecule has 4 rings (SSSR count). The maximum Gasteiger partial charge on any atom is 0.431 e. The molecule has 0 radical (unpaired) electrons. The van der Waals surface area contributed by atoms with Crippen LogP contribution in [-0.2, 0) is 17.5 Å². The van der Waals surface area contributed by atoms with Crippen molar-refractivity contribution in [3.63, 3.8) is 0 Å². The van der Waals surface area contributed by atoms with Gasteiger partial charge in [-0.2, -0.15) is 26.3 Å². The van der Waals surface area contributed by atoms with Crippen LogP contribution >= 0.6 is 0 Å². The number of nitrogens with one attached hydrogen (secondary N) is 1. The van der Waals surface area contributed by atoms with Crippen LogP contribution in [0.3, 0.4) is 0 Å². The Morgan fingerprint density at radius 2 is 1.69 bits per heavy atom. The molecule has 206 valence electrons. The number of carbonyl (C=O) groups is 1. The zero-order valence-corrected chi connectivity index (χ0v) is 20.6. The molecule has 1 amide bonds. The summed E-state index contributed by atoms with van der Waals surface area (Å²) in [6.07, 6.45) is -6.45. The van der Waals surface area contributed by atoms with Crippen molar-refractivity contribution in [1.29, 1.82) is 0 Å². The van der Waals surface area contributed by atoms with Crippen molar-refractivity contribution in [1.82, 2.24) is 10.2 Å². The maximum absolute atomic E-state index is 13.7. The molecule has 2 heterocycles. The van der Waals surface area contributed by atoms with Crippen molar-refractivity contribution in [3.05, 3.63) is 95.1 Å². The van der Waals surface area contributed by atoms with Gasteiger partial charge in [0.2, 0.25) is 0 Å². The number of nitrogens with two attached hydrogens (primary N) is 1. The summed E-state index contributed by atoms with van der Waals surface area (Å²) in [5.41, 5.74) is 4.87. The maximum atomic E-state index is 13.7. The Balaban J connectivity index is 1.55. The summed E-state index contributed by atoms with van der Waals surface area (Å²) in [5, 5.41) is 2.56. The van der Waals surface area contributed by atoms with Gasteiger partial charge in [0.15, 0.2) is 0 Å². The summed E-state index contributed by atoms with van der Waals surface area (Å²) in [6, 6.07) is 12.3. The second kappa shape index (κ2) is 10.9. The topological polar surface area (TPSA) is 83.9 Å². The number of halogens is 6. The molecule has 1 unspecified atom stereocenters. The predicted octanol–water partition coefficient (Wildman–Crippen LogP) is 5.83. The Morgan fingerprint density at radius 3 is 2.26 bits per heavy atom. The Labute approximate surface area is 219 Å². The molecule has 1 aliphatic rings. The third kappa shape index (κ3) is 6.44. The highest BCUT2D eigenvalue weighted by atomic mass is 19.4. The van der Waals surface area contributed by atoms with Gasteiger partial charge in [0.25, 0.3) is 5.91 Å². The van der Waals surface area contributed by atoms with Gasteiger partial charge in [0.1, 0.15) is 17.1 Å². The number of hydrogen-bond acceptors (Lipinski definition) is 5. The molecule has 0 saturated heterocycles. The molecule has 3 aromatic rings. The third-order valence-corrected chi connectivity index (χ3v) is 6.22. The van der Waals surface area contributed by atoms with Gasteiger partial charge < -0.3 is 20.4 Å². The van der Waals surface area contributed by atoms with Crippen molar-refractivity contribution in [2.24, 2.45) is 10.7 Å². The van der Waals surface area contributed by atoms with E-state index >= 15 is 0 Å². The molecule has 1 aliphatic heterocycles. The first-order valence-corrected chi connectivity index (χ1v) is 11.8. The van der Waals surface area contributed by atoms with E-state index in [0.29, 0.717) is 11.1 Å². The number of hydrogen-bond donors (Lipinski definition) is 2. The van der Waals surface area contributed by atoms with E-state index in [0.717, 1.165) is 23.3 Å². The molecule has 0 aliphatic carbocycles. The molecule has 12 heteroatoms. The molecule has 1 aromatic heterocycles. The number of amides is 1. The fourth-order valence-corrected chi connectivity index (χ4v) is 4.12. The zero-order valence-electron chi connectivity index (χ0n) is 20.6. The molecule has 0 saturated carbocycles. The van der Waals surface area contributed by atoms with E-state index in [-0.39, 0.29) is 25.5 Å². The predicted molar refractivity (Wildman–Crippen MR) is 132 cm³/mol. The van der Waals surface area contributed by atoms with Crippen LogP contribution in [0, 0.1) is 0 Å². The molecular formula is C27H24F6N4O2. The Morgan fingerprint density at radius 1 is 1.03 bits per heavy atom. The SMILES string of the molecule is CC(NC(=O)C(C1=NCCN1Cc1ccc(C(F)(F)F)cc1)=C(N)C(F)(F)F)c1ccc(-c2ccoc2)cc1. The average molecular weight is 551 g/mol. The van der Waals surface area contributed by atoms with Gasteiger partial charge >= 0.3 is 12.4 Å². The summed E-state index contributed by atoms with van der Waals surface area (Å²) in [6.45, 7) is 1.79. The van der Waals surface area contributed by atoms with Gasteiger partial charge in [-0.25, -0.2) is 0 Å². The van der Waals surface area contributed by atoms with Crippen molar-refractivity contribution in [2.45, 2.75) is 31.9 Å². The lowest BCUT2D eigenvalue weighted by molar-refractivity contribution is -0.137. The minimum absolute atomic E-state index is 0.0656. The summed E-state index contributed by atoms with van der Waals surface area (Å²) < 4.78 is 84.9. The lowest BCUT2D eigenvalue weighted by Crippen LogP contribution is -2.40. The molecule has 0 spiro atoms. The van der Waals surface area contributed by atoms with Crippen molar-refractivity contribution in [2.75, 3.05) is 13.1 Å². The zero-order chi connectivity index (χ0) is 28.4. The smallest absolute Gasteiger partial charge is 0.431 e. The largest absolute Gasteiger partial charge is 0.472 e. The van der Waals surface area contributed by atoms with Crippen LogP contribution in [-0.4, -0.2) is 35.9 Å². The number of rotatable bonds is 7. The lowest BCUT2D eigenvalue weighted by atomic mass is 10.0. The van der Waals surface area contributed by atoms with Crippen LogP contribution in [0.4, 0.5) is 26.3 Å². The van der Waals surface area contributed by atoms with Crippen molar-refractivity contribution >= 4 is 11.7 Å². The van der Waals surface area contributed by atoms with E-state index in [2.05, 4.69) is 10.3 Å². The van der Waals surface area contributed by atoms with E-state index < -0.39 is 41.1 Å². The fraction of sp³-hybridized carbons (Fsp3) is 0.259. The molecule has 6 nitrogen and oxygen atoms in total.